The molecular weight excluding hydrogens is 216 g/mol. The molecule has 0 spiro atoms. The molecule has 0 saturated heterocycles. The quantitative estimate of drug-likeness (QED) is 0.842. The van der Waals surface area contributed by atoms with Crippen LogP contribution in [0.1, 0.15) is 26.1 Å². The summed E-state index contributed by atoms with van der Waals surface area (Å²) in [4.78, 5) is 12.1. The molecule has 5 heteroatoms. The monoisotopic (exact) mass is 234 g/mol. The van der Waals surface area contributed by atoms with Crippen LogP contribution in [0.15, 0.2) is 12.1 Å². The van der Waals surface area contributed by atoms with Crippen LogP contribution in [0.5, 0.6) is 5.88 Å². The van der Waals surface area contributed by atoms with Gasteiger partial charge in [-0.25, -0.2) is 4.98 Å². The maximum absolute atomic E-state index is 5.61. The number of nitrogens with zero attached hydrogens (tertiary/aromatic N) is 2. The largest absolute Gasteiger partial charge is 0.481 e. The molecule has 2 heterocycles. The molecule has 0 aromatic carbocycles. The lowest BCUT2D eigenvalue weighted by molar-refractivity contribution is 0.399. The molecule has 0 aliphatic carbocycles. The highest BCUT2D eigenvalue weighted by atomic mass is 16.5. The normalized spacial score (nSPS) is 12.0. The molecule has 0 aliphatic heterocycles. The lowest BCUT2D eigenvalue weighted by atomic mass is 9.89. The highest BCUT2D eigenvalue weighted by Gasteiger charge is 2.23. The highest BCUT2D eigenvalue weighted by Crippen LogP contribution is 2.26. The molecule has 3 N–H and O–H groups in total. The van der Waals surface area contributed by atoms with Gasteiger partial charge >= 0.3 is 0 Å². The summed E-state index contributed by atoms with van der Waals surface area (Å²) in [5.41, 5.74) is 7.15. The fourth-order valence-electron chi connectivity index (χ4n) is 1.79. The first kappa shape index (κ1) is 11.9. The number of H-pyrrole nitrogens is 1. The molecule has 92 valence electrons. The van der Waals surface area contributed by atoms with Crippen molar-refractivity contribution >= 4 is 11.2 Å². The number of hydrogen-bond donors (Lipinski definition) is 2. The van der Waals surface area contributed by atoms with E-state index in [1.165, 1.54) is 0 Å². The molecule has 0 amide bonds. The zero-order valence-corrected chi connectivity index (χ0v) is 10.4. The second-order valence-electron chi connectivity index (χ2n) is 4.73. The zero-order valence-electron chi connectivity index (χ0n) is 10.4. The number of rotatable bonds is 4. The van der Waals surface area contributed by atoms with Gasteiger partial charge in [0.05, 0.1) is 12.6 Å². The molecule has 2 aromatic heterocycles. The SMILES string of the molecule is COc1ccc2[nH]c(C(C)(C)CCN)nc2n1. The van der Waals surface area contributed by atoms with Crippen LogP contribution in [-0.4, -0.2) is 28.6 Å². The molecule has 17 heavy (non-hydrogen) atoms. The summed E-state index contributed by atoms with van der Waals surface area (Å²) in [5.74, 6) is 1.49. The van der Waals surface area contributed by atoms with Gasteiger partial charge in [0.2, 0.25) is 5.88 Å². The van der Waals surface area contributed by atoms with Crippen LogP contribution < -0.4 is 10.5 Å². The predicted octanol–water partition coefficient (Wildman–Crippen LogP) is 1.59. The third kappa shape index (κ3) is 2.24. The maximum atomic E-state index is 5.61. The van der Waals surface area contributed by atoms with E-state index in [0.29, 0.717) is 18.1 Å². The Hall–Kier alpha value is -1.62. The third-order valence-electron chi connectivity index (χ3n) is 2.94. The van der Waals surface area contributed by atoms with Gasteiger partial charge in [0.25, 0.3) is 0 Å². The number of nitrogens with two attached hydrogens (primary N) is 1. The summed E-state index contributed by atoms with van der Waals surface area (Å²) in [6, 6.07) is 3.75. The van der Waals surface area contributed by atoms with E-state index in [1.807, 2.05) is 12.1 Å². The van der Waals surface area contributed by atoms with Gasteiger partial charge < -0.3 is 15.5 Å². The Labute approximate surface area is 100 Å². The summed E-state index contributed by atoms with van der Waals surface area (Å²) >= 11 is 0. The fourth-order valence-corrected chi connectivity index (χ4v) is 1.79. The minimum absolute atomic E-state index is 0.0668. The van der Waals surface area contributed by atoms with Gasteiger partial charge in [0, 0.05) is 11.5 Å². The second-order valence-corrected chi connectivity index (χ2v) is 4.73. The Morgan fingerprint density at radius 1 is 1.35 bits per heavy atom. The minimum Gasteiger partial charge on any atom is -0.481 e. The van der Waals surface area contributed by atoms with E-state index in [4.69, 9.17) is 10.5 Å². The number of nitrogens with one attached hydrogen (secondary N) is 1. The molecule has 0 bridgehead atoms. The molecular formula is C12H18N4O. The maximum Gasteiger partial charge on any atom is 0.215 e. The first-order valence-corrected chi connectivity index (χ1v) is 5.68. The van der Waals surface area contributed by atoms with Crippen molar-refractivity contribution < 1.29 is 4.74 Å². The number of imidazole rings is 1. The summed E-state index contributed by atoms with van der Waals surface area (Å²) < 4.78 is 5.08. The molecule has 0 atom stereocenters. The van der Waals surface area contributed by atoms with Crippen molar-refractivity contribution in [1.29, 1.82) is 0 Å². The van der Waals surface area contributed by atoms with Crippen molar-refractivity contribution in [2.75, 3.05) is 13.7 Å². The summed E-state index contributed by atoms with van der Waals surface area (Å²) in [6.07, 6.45) is 0.879. The van der Waals surface area contributed by atoms with Gasteiger partial charge in [-0.3, -0.25) is 0 Å². The molecule has 0 aliphatic rings. The Morgan fingerprint density at radius 3 is 2.76 bits per heavy atom. The number of hydrogen-bond acceptors (Lipinski definition) is 4. The number of ether oxygens (including phenoxy) is 1. The fraction of sp³-hybridized carbons (Fsp3) is 0.500. The molecule has 2 aromatic rings. The Balaban J connectivity index is 2.44. The topological polar surface area (TPSA) is 76.8 Å². The first-order chi connectivity index (χ1) is 8.06. The Morgan fingerprint density at radius 2 is 2.12 bits per heavy atom. The summed E-state index contributed by atoms with van der Waals surface area (Å²) in [7, 11) is 1.60. The smallest absolute Gasteiger partial charge is 0.215 e. The average Bonchev–Trinajstić information content (AvgIpc) is 2.72. The summed E-state index contributed by atoms with van der Waals surface area (Å²) in [5, 5.41) is 0. The Kier molecular flexibility index (Phi) is 3.02. The number of fused-ring (bicyclic) bond motifs is 1. The lowest BCUT2D eigenvalue weighted by Crippen LogP contribution is -2.23. The number of aromatic nitrogens is 3. The van der Waals surface area contributed by atoms with E-state index in [-0.39, 0.29) is 5.41 Å². The van der Waals surface area contributed by atoms with Gasteiger partial charge in [-0.05, 0) is 19.0 Å². The van der Waals surface area contributed by atoms with E-state index >= 15 is 0 Å². The van der Waals surface area contributed by atoms with Crippen LogP contribution in [0.2, 0.25) is 0 Å². The van der Waals surface area contributed by atoms with Crippen molar-refractivity contribution in [2.45, 2.75) is 25.7 Å². The predicted molar refractivity (Wildman–Crippen MR) is 67.1 cm³/mol. The Bertz CT molecular complexity index is 518. The molecule has 0 fully saturated rings. The van der Waals surface area contributed by atoms with Crippen LogP contribution in [0.25, 0.3) is 11.2 Å². The van der Waals surface area contributed by atoms with E-state index in [1.54, 1.807) is 7.11 Å². The van der Waals surface area contributed by atoms with Crippen LogP contribution in [-0.2, 0) is 5.41 Å². The summed E-state index contributed by atoms with van der Waals surface area (Å²) in [6.45, 7) is 4.88. The van der Waals surface area contributed by atoms with Crippen LogP contribution in [0.4, 0.5) is 0 Å². The van der Waals surface area contributed by atoms with Crippen molar-refractivity contribution in [3.63, 3.8) is 0 Å². The molecule has 2 rings (SSSR count). The van der Waals surface area contributed by atoms with E-state index in [9.17, 15) is 0 Å². The van der Waals surface area contributed by atoms with Gasteiger partial charge in [-0.1, -0.05) is 13.8 Å². The molecule has 5 nitrogen and oxygen atoms in total. The van der Waals surface area contributed by atoms with Crippen LogP contribution in [0, 0.1) is 0 Å². The zero-order chi connectivity index (χ0) is 12.5. The van der Waals surface area contributed by atoms with E-state index < -0.39 is 0 Å². The van der Waals surface area contributed by atoms with Crippen molar-refractivity contribution in [1.82, 2.24) is 15.0 Å². The molecule has 0 saturated carbocycles. The first-order valence-electron chi connectivity index (χ1n) is 5.68. The highest BCUT2D eigenvalue weighted by molar-refractivity contribution is 5.71. The van der Waals surface area contributed by atoms with E-state index in [0.717, 1.165) is 17.8 Å². The molecule has 0 unspecified atom stereocenters. The second kappa shape index (κ2) is 4.33. The number of aromatic amines is 1. The van der Waals surface area contributed by atoms with E-state index in [2.05, 4.69) is 28.8 Å². The van der Waals surface area contributed by atoms with Gasteiger partial charge in [0.1, 0.15) is 5.82 Å². The lowest BCUT2D eigenvalue weighted by Gasteiger charge is -2.20. The third-order valence-corrected chi connectivity index (χ3v) is 2.94. The van der Waals surface area contributed by atoms with Crippen LogP contribution >= 0.6 is 0 Å². The van der Waals surface area contributed by atoms with Gasteiger partial charge in [0.15, 0.2) is 5.65 Å². The van der Waals surface area contributed by atoms with Crippen molar-refractivity contribution in [2.24, 2.45) is 5.73 Å². The number of methoxy groups -OCH3 is 1. The average molecular weight is 234 g/mol. The van der Waals surface area contributed by atoms with Crippen LogP contribution in [0.3, 0.4) is 0 Å². The van der Waals surface area contributed by atoms with Gasteiger partial charge in [-0.15, -0.1) is 0 Å². The minimum atomic E-state index is -0.0668. The van der Waals surface area contributed by atoms with Crippen molar-refractivity contribution in [3.8, 4) is 5.88 Å². The number of pyridine rings is 1. The van der Waals surface area contributed by atoms with Crippen molar-refractivity contribution in [3.05, 3.63) is 18.0 Å². The van der Waals surface area contributed by atoms with Gasteiger partial charge in [-0.2, -0.15) is 4.98 Å². The molecule has 0 radical (unpaired) electrons. The standard InChI is InChI=1S/C12H18N4O/c1-12(2,6-7-13)11-14-8-4-5-9(17-3)15-10(8)16-11/h4-5H,6-7,13H2,1-3H3,(H,14,15,16).